The number of fused-ring (bicyclic) bond motifs is 1. The highest BCUT2D eigenvalue weighted by molar-refractivity contribution is 8.00. The number of thioether (sulfide) groups is 1. The second-order valence-electron chi connectivity index (χ2n) is 7.34. The van der Waals surface area contributed by atoms with Gasteiger partial charge in [0.2, 0.25) is 5.91 Å². The molecule has 0 aliphatic heterocycles. The number of carbonyl (C=O) groups excluding carboxylic acids is 2. The average molecular weight is 467 g/mol. The van der Waals surface area contributed by atoms with Crippen molar-refractivity contribution >= 4 is 50.8 Å². The van der Waals surface area contributed by atoms with Crippen LogP contribution < -0.4 is 10.1 Å². The van der Waals surface area contributed by atoms with Gasteiger partial charge in [0.25, 0.3) is 11.6 Å². The Labute approximate surface area is 188 Å². The third kappa shape index (κ3) is 6.62. The minimum Gasteiger partial charge on any atom is -0.383 e. The molecule has 31 heavy (non-hydrogen) atoms. The molecule has 11 heteroatoms. The van der Waals surface area contributed by atoms with Gasteiger partial charge in [0, 0.05) is 31.8 Å². The number of methoxy groups -OCH3 is 1. The summed E-state index contributed by atoms with van der Waals surface area (Å²) in [6.45, 7) is 0.887. The van der Waals surface area contributed by atoms with E-state index >= 15 is 0 Å². The first kappa shape index (κ1) is 23.4. The molecule has 1 aliphatic carbocycles. The molecule has 0 unspecified atom stereocenters. The molecule has 0 saturated heterocycles. The molecule has 3 rings (SSSR count). The number of benzene rings is 1. The molecule has 168 valence electrons. The summed E-state index contributed by atoms with van der Waals surface area (Å²) in [5.74, 6) is -0.0757. The number of nitro groups is 1. The number of ether oxygens (including phenoxy) is 1. The summed E-state index contributed by atoms with van der Waals surface area (Å²) in [5, 5.41) is 14.1. The van der Waals surface area contributed by atoms with Gasteiger partial charge in [-0.05, 0) is 18.9 Å². The third-order valence-corrected chi connectivity index (χ3v) is 7.00. The SMILES string of the molecule is COCCn1c(=NC(=O)CSCC(=O)NC2CCCCC2)sc2cc([N+](=O)[O-])ccc21. The zero-order valence-electron chi connectivity index (χ0n) is 17.4. The molecule has 0 atom stereocenters. The molecular weight excluding hydrogens is 440 g/mol. The fourth-order valence-corrected chi connectivity index (χ4v) is 5.26. The first-order valence-electron chi connectivity index (χ1n) is 10.2. The number of rotatable bonds is 9. The first-order valence-corrected chi connectivity index (χ1v) is 12.2. The Morgan fingerprint density at radius 2 is 2.10 bits per heavy atom. The molecule has 0 bridgehead atoms. The highest BCUT2D eigenvalue weighted by atomic mass is 32.2. The van der Waals surface area contributed by atoms with Crippen molar-refractivity contribution in [1.29, 1.82) is 0 Å². The Morgan fingerprint density at radius 1 is 1.32 bits per heavy atom. The van der Waals surface area contributed by atoms with Crippen molar-refractivity contribution in [3.8, 4) is 0 Å². The quantitative estimate of drug-likeness (QED) is 0.449. The van der Waals surface area contributed by atoms with Gasteiger partial charge in [-0.2, -0.15) is 4.99 Å². The molecule has 1 aromatic heterocycles. The number of nitrogens with one attached hydrogen (secondary N) is 1. The minimum absolute atomic E-state index is 0.00921. The van der Waals surface area contributed by atoms with E-state index in [2.05, 4.69) is 10.3 Å². The lowest BCUT2D eigenvalue weighted by molar-refractivity contribution is -0.384. The van der Waals surface area contributed by atoms with Crippen LogP contribution in [-0.2, 0) is 20.9 Å². The Kier molecular flexibility index (Phi) is 8.61. The topological polar surface area (TPSA) is 116 Å². The van der Waals surface area contributed by atoms with E-state index in [1.807, 2.05) is 4.57 Å². The van der Waals surface area contributed by atoms with Gasteiger partial charge in [0.1, 0.15) is 0 Å². The van der Waals surface area contributed by atoms with Crippen LogP contribution in [0.25, 0.3) is 10.2 Å². The van der Waals surface area contributed by atoms with Crippen molar-refractivity contribution in [2.45, 2.75) is 44.7 Å². The molecular formula is C20H26N4O5S2. The van der Waals surface area contributed by atoms with Crippen molar-refractivity contribution in [1.82, 2.24) is 9.88 Å². The largest absolute Gasteiger partial charge is 0.383 e. The summed E-state index contributed by atoms with van der Waals surface area (Å²) in [6.07, 6.45) is 5.58. The van der Waals surface area contributed by atoms with Crippen molar-refractivity contribution < 1.29 is 19.2 Å². The summed E-state index contributed by atoms with van der Waals surface area (Å²) < 4.78 is 7.64. The molecule has 0 radical (unpaired) electrons. The van der Waals surface area contributed by atoms with E-state index in [0.717, 1.165) is 31.2 Å². The molecule has 1 aromatic carbocycles. The molecule has 0 spiro atoms. The summed E-state index contributed by atoms with van der Waals surface area (Å²) >= 11 is 2.46. The predicted octanol–water partition coefficient (Wildman–Crippen LogP) is 2.87. The van der Waals surface area contributed by atoms with Gasteiger partial charge in [-0.3, -0.25) is 19.7 Å². The van der Waals surface area contributed by atoms with Crippen LogP contribution in [-0.4, -0.2) is 52.6 Å². The van der Waals surface area contributed by atoms with Gasteiger partial charge < -0.3 is 14.6 Å². The maximum atomic E-state index is 12.4. The molecule has 1 N–H and O–H groups in total. The molecule has 1 saturated carbocycles. The Balaban J connectivity index is 1.66. The lowest BCUT2D eigenvalue weighted by Gasteiger charge is -2.22. The zero-order valence-corrected chi connectivity index (χ0v) is 19.0. The monoisotopic (exact) mass is 466 g/mol. The smallest absolute Gasteiger partial charge is 0.270 e. The van der Waals surface area contributed by atoms with Crippen LogP contribution in [0.3, 0.4) is 0 Å². The van der Waals surface area contributed by atoms with E-state index in [1.54, 1.807) is 13.2 Å². The van der Waals surface area contributed by atoms with Crippen LogP contribution in [0.5, 0.6) is 0 Å². The zero-order chi connectivity index (χ0) is 22.2. The number of hydrogen-bond donors (Lipinski definition) is 1. The fourth-order valence-electron chi connectivity index (χ4n) is 3.55. The normalized spacial score (nSPS) is 15.3. The molecule has 1 heterocycles. The summed E-state index contributed by atoms with van der Waals surface area (Å²) in [4.78, 5) is 39.7. The van der Waals surface area contributed by atoms with Gasteiger partial charge in [-0.1, -0.05) is 30.6 Å². The third-order valence-electron chi connectivity index (χ3n) is 5.05. The number of thiazole rings is 1. The van der Waals surface area contributed by atoms with E-state index < -0.39 is 4.92 Å². The van der Waals surface area contributed by atoms with E-state index in [-0.39, 0.29) is 35.0 Å². The van der Waals surface area contributed by atoms with Crippen molar-refractivity contribution in [3.63, 3.8) is 0 Å². The Hall–Kier alpha value is -2.24. The lowest BCUT2D eigenvalue weighted by Crippen LogP contribution is -2.37. The first-order chi connectivity index (χ1) is 15.0. The van der Waals surface area contributed by atoms with Gasteiger partial charge in [0.15, 0.2) is 4.80 Å². The van der Waals surface area contributed by atoms with Gasteiger partial charge in [-0.25, -0.2) is 0 Å². The number of nitrogens with zero attached hydrogens (tertiary/aromatic N) is 3. The molecule has 1 fully saturated rings. The number of hydrogen-bond acceptors (Lipinski definition) is 7. The average Bonchev–Trinajstić information content (AvgIpc) is 3.08. The van der Waals surface area contributed by atoms with E-state index in [4.69, 9.17) is 4.74 Å². The van der Waals surface area contributed by atoms with Crippen LogP contribution in [0.15, 0.2) is 23.2 Å². The number of nitro benzene ring substituents is 1. The number of aromatic nitrogens is 1. The van der Waals surface area contributed by atoms with E-state index in [9.17, 15) is 19.7 Å². The summed E-state index contributed by atoms with van der Waals surface area (Å²) in [6, 6.07) is 4.83. The molecule has 9 nitrogen and oxygen atoms in total. The van der Waals surface area contributed by atoms with Crippen molar-refractivity contribution in [2.24, 2.45) is 4.99 Å². The lowest BCUT2D eigenvalue weighted by atomic mass is 9.95. The van der Waals surface area contributed by atoms with Crippen LogP contribution in [0, 0.1) is 10.1 Å². The molecule has 2 amide bonds. The highest BCUT2D eigenvalue weighted by Gasteiger charge is 2.16. The van der Waals surface area contributed by atoms with Gasteiger partial charge >= 0.3 is 0 Å². The molecule has 1 aliphatic rings. The maximum Gasteiger partial charge on any atom is 0.270 e. The van der Waals surface area contributed by atoms with Crippen LogP contribution in [0.1, 0.15) is 32.1 Å². The highest BCUT2D eigenvalue weighted by Crippen LogP contribution is 2.23. The van der Waals surface area contributed by atoms with E-state index in [0.29, 0.717) is 22.7 Å². The summed E-state index contributed by atoms with van der Waals surface area (Å²) in [5.41, 5.74) is 0.753. The second-order valence-corrected chi connectivity index (χ2v) is 9.33. The maximum absolute atomic E-state index is 12.4. The number of carbonyl (C=O) groups is 2. The van der Waals surface area contributed by atoms with Crippen LogP contribution >= 0.6 is 23.1 Å². The minimum atomic E-state index is -0.449. The fraction of sp³-hybridized carbons (Fsp3) is 0.550. The summed E-state index contributed by atoms with van der Waals surface area (Å²) in [7, 11) is 1.58. The number of amides is 2. The Bertz CT molecular complexity index is 1010. The van der Waals surface area contributed by atoms with E-state index in [1.165, 1.54) is 41.7 Å². The second kappa shape index (κ2) is 11.4. The molecule has 2 aromatic rings. The standard InChI is InChI=1S/C20H26N4O5S2/c1-29-10-9-23-16-8-7-15(24(27)28)11-17(16)31-20(23)22-19(26)13-30-12-18(25)21-14-5-3-2-4-6-14/h7-8,11,14H,2-6,9-10,12-13H2,1H3,(H,21,25). The predicted molar refractivity (Wildman–Crippen MR) is 121 cm³/mol. The van der Waals surface area contributed by atoms with Crippen molar-refractivity contribution in [3.05, 3.63) is 33.1 Å². The van der Waals surface area contributed by atoms with Crippen LogP contribution in [0.4, 0.5) is 5.69 Å². The van der Waals surface area contributed by atoms with Gasteiger partial charge in [0.05, 0.1) is 33.3 Å². The van der Waals surface area contributed by atoms with Gasteiger partial charge in [-0.15, -0.1) is 11.8 Å². The van der Waals surface area contributed by atoms with Crippen molar-refractivity contribution in [2.75, 3.05) is 25.2 Å². The number of non-ortho nitro benzene ring substituents is 1. The Morgan fingerprint density at radius 3 is 2.81 bits per heavy atom. The van der Waals surface area contributed by atoms with Crippen LogP contribution in [0.2, 0.25) is 0 Å².